The molecule has 1 heterocycles. The lowest BCUT2D eigenvalue weighted by Gasteiger charge is -2.08. The van der Waals surface area contributed by atoms with Crippen LogP contribution in [0.1, 0.15) is 6.92 Å². The second kappa shape index (κ2) is 7.50. The van der Waals surface area contributed by atoms with E-state index in [2.05, 4.69) is 15.6 Å². The molecule has 0 aliphatic rings. The second-order valence-corrected chi connectivity index (χ2v) is 6.64. The number of aromatic nitrogens is 1. The third-order valence-corrected chi connectivity index (χ3v) is 4.29. The van der Waals surface area contributed by atoms with E-state index < -0.39 is 0 Å². The van der Waals surface area contributed by atoms with Crippen molar-refractivity contribution in [3.63, 3.8) is 0 Å². The summed E-state index contributed by atoms with van der Waals surface area (Å²) in [4.78, 5) is 27.4. The van der Waals surface area contributed by atoms with Crippen LogP contribution in [-0.4, -0.2) is 23.4 Å². The SMILES string of the molecule is CC(=O)Nc1cccc(OCC(=O)Nc2nc3ccc(Cl)cc3s2)c1. The van der Waals surface area contributed by atoms with Crippen molar-refractivity contribution in [2.45, 2.75) is 6.92 Å². The highest BCUT2D eigenvalue weighted by atomic mass is 35.5. The van der Waals surface area contributed by atoms with Crippen molar-refractivity contribution in [3.8, 4) is 5.75 Å². The van der Waals surface area contributed by atoms with Gasteiger partial charge in [-0.15, -0.1) is 0 Å². The number of carbonyl (C=O) groups is 2. The summed E-state index contributed by atoms with van der Waals surface area (Å²) in [7, 11) is 0. The van der Waals surface area contributed by atoms with Gasteiger partial charge in [-0.25, -0.2) is 4.98 Å². The van der Waals surface area contributed by atoms with Crippen LogP contribution in [0.25, 0.3) is 10.2 Å². The second-order valence-electron chi connectivity index (χ2n) is 5.18. The summed E-state index contributed by atoms with van der Waals surface area (Å²) in [5.41, 5.74) is 1.38. The van der Waals surface area contributed by atoms with Gasteiger partial charge >= 0.3 is 0 Å². The molecule has 3 aromatic rings. The zero-order valence-electron chi connectivity index (χ0n) is 13.2. The summed E-state index contributed by atoms with van der Waals surface area (Å²) >= 11 is 7.28. The molecule has 6 nitrogen and oxygen atoms in total. The van der Waals surface area contributed by atoms with E-state index in [1.54, 1.807) is 42.5 Å². The maximum absolute atomic E-state index is 12.0. The monoisotopic (exact) mass is 375 g/mol. The number of nitrogens with one attached hydrogen (secondary N) is 2. The highest BCUT2D eigenvalue weighted by Crippen LogP contribution is 2.28. The molecule has 128 valence electrons. The number of hydrogen-bond donors (Lipinski definition) is 2. The minimum atomic E-state index is -0.324. The molecule has 2 amide bonds. The van der Waals surface area contributed by atoms with Gasteiger partial charge in [0.2, 0.25) is 5.91 Å². The highest BCUT2D eigenvalue weighted by Gasteiger charge is 2.09. The maximum Gasteiger partial charge on any atom is 0.264 e. The fraction of sp³-hybridized carbons (Fsp3) is 0.118. The van der Waals surface area contributed by atoms with Crippen molar-refractivity contribution >= 4 is 55.8 Å². The predicted molar refractivity (Wildman–Crippen MR) is 99.5 cm³/mol. The summed E-state index contributed by atoms with van der Waals surface area (Å²) < 4.78 is 6.34. The Labute approximate surface area is 152 Å². The molecule has 0 radical (unpaired) electrons. The quantitative estimate of drug-likeness (QED) is 0.708. The van der Waals surface area contributed by atoms with Gasteiger partial charge in [-0.2, -0.15) is 0 Å². The van der Waals surface area contributed by atoms with E-state index in [4.69, 9.17) is 16.3 Å². The van der Waals surface area contributed by atoms with Crippen LogP contribution in [-0.2, 0) is 9.59 Å². The van der Waals surface area contributed by atoms with Crippen molar-refractivity contribution in [2.24, 2.45) is 0 Å². The Balaban J connectivity index is 1.59. The number of halogens is 1. The van der Waals surface area contributed by atoms with Crippen molar-refractivity contribution < 1.29 is 14.3 Å². The Morgan fingerprint density at radius 3 is 2.84 bits per heavy atom. The van der Waals surface area contributed by atoms with E-state index in [0.717, 1.165) is 10.2 Å². The first kappa shape index (κ1) is 17.2. The highest BCUT2D eigenvalue weighted by molar-refractivity contribution is 7.22. The topological polar surface area (TPSA) is 80.3 Å². The molecule has 3 rings (SSSR count). The lowest BCUT2D eigenvalue weighted by atomic mass is 10.3. The van der Waals surface area contributed by atoms with E-state index in [1.165, 1.54) is 18.3 Å². The third-order valence-electron chi connectivity index (χ3n) is 3.12. The molecule has 1 aromatic heterocycles. The Hall–Kier alpha value is -2.64. The molecule has 25 heavy (non-hydrogen) atoms. The average molecular weight is 376 g/mol. The van der Waals surface area contributed by atoms with Crippen LogP contribution in [0.4, 0.5) is 10.8 Å². The van der Waals surface area contributed by atoms with Crippen LogP contribution < -0.4 is 15.4 Å². The number of thiazole rings is 1. The van der Waals surface area contributed by atoms with Gasteiger partial charge in [-0.1, -0.05) is 29.0 Å². The molecule has 0 unspecified atom stereocenters. The van der Waals surface area contributed by atoms with Crippen LogP contribution >= 0.6 is 22.9 Å². The molecule has 0 saturated carbocycles. The number of nitrogens with zero attached hydrogens (tertiary/aromatic N) is 1. The van der Waals surface area contributed by atoms with Crippen LogP contribution in [0.3, 0.4) is 0 Å². The Morgan fingerprint density at radius 1 is 1.20 bits per heavy atom. The Kier molecular flexibility index (Phi) is 5.16. The minimum absolute atomic E-state index is 0.166. The van der Waals surface area contributed by atoms with E-state index >= 15 is 0 Å². The van der Waals surface area contributed by atoms with E-state index in [0.29, 0.717) is 21.6 Å². The summed E-state index contributed by atoms with van der Waals surface area (Å²) in [6.45, 7) is 1.26. The Bertz CT molecular complexity index is 942. The van der Waals surface area contributed by atoms with Crippen molar-refractivity contribution in [1.82, 2.24) is 4.98 Å². The number of amides is 2. The molecule has 0 fully saturated rings. The summed E-state index contributed by atoms with van der Waals surface area (Å²) in [5.74, 6) is -0.0154. The first-order chi connectivity index (χ1) is 12.0. The molecule has 0 spiro atoms. The molecule has 8 heteroatoms. The summed E-state index contributed by atoms with van der Waals surface area (Å²) in [5, 5.41) is 6.46. The predicted octanol–water partition coefficient (Wildman–Crippen LogP) is 3.93. The lowest BCUT2D eigenvalue weighted by Crippen LogP contribution is -2.20. The maximum atomic E-state index is 12.0. The number of ether oxygens (including phenoxy) is 1. The largest absolute Gasteiger partial charge is 0.484 e. The number of fused-ring (bicyclic) bond motifs is 1. The number of carbonyl (C=O) groups excluding carboxylic acids is 2. The minimum Gasteiger partial charge on any atom is -0.484 e. The molecular formula is C17H14ClN3O3S. The zero-order chi connectivity index (χ0) is 17.8. The average Bonchev–Trinajstić information content (AvgIpc) is 2.94. The molecule has 2 N–H and O–H groups in total. The fourth-order valence-electron chi connectivity index (χ4n) is 2.12. The smallest absolute Gasteiger partial charge is 0.264 e. The van der Waals surface area contributed by atoms with Crippen molar-refractivity contribution in [1.29, 1.82) is 0 Å². The molecular weight excluding hydrogens is 362 g/mol. The van der Waals surface area contributed by atoms with E-state index in [9.17, 15) is 9.59 Å². The molecule has 0 aliphatic heterocycles. The lowest BCUT2D eigenvalue weighted by molar-refractivity contribution is -0.118. The molecule has 2 aromatic carbocycles. The summed E-state index contributed by atoms with van der Waals surface area (Å²) in [6, 6.07) is 12.2. The number of rotatable bonds is 5. The van der Waals surface area contributed by atoms with Crippen molar-refractivity contribution in [2.75, 3.05) is 17.2 Å². The summed E-state index contributed by atoms with van der Waals surface area (Å²) in [6.07, 6.45) is 0. The van der Waals surface area contributed by atoms with Gasteiger partial charge in [0, 0.05) is 23.7 Å². The fourth-order valence-corrected chi connectivity index (χ4v) is 3.28. The number of anilines is 2. The molecule has 0 saturated heterocycles. The first-order valence-electron chi connectivity index (χ1n) is 7.36. The van der Waals surface area contributed by atoms with Crippen molar-refractivity contribution in [3.05, 3.63) is 47.5 Å². The first-order valence-corrected chi connectivity index (χ1v) is 8.55. The van der Waals surface area contributed by atoms with Gasteiger partial charge in [0.15, 0.2) is 11.7 Å². The number of hydrogen-bond acceptors (Lipinski definition) is 5. The van der Waals surface area contributed by atoms with Crippen LogP contribution in [0.5, 0.6) is 5.75 Å². The Morgan fingerprint density at radius 2 is 2.04 bits per heavy atom. The zero-order valence-corrected chi connectivity index (χ0v) is 14.8. The van der Waals surface area contributed by atoms with Crippen LogP contribution in [0, 0.1) is 0 Å². The van der Waals surface area contributed by atoms with Crippen LogP contribution in [0.15, 0.2) is 42.5 Å². The van der Waals surface area contributed by atoms with Gasteiger partial charge in [-0.3, -0.25) is 14.9 Å². The van der Waals surface area contributed by atoms with Gasteiger partial charge in [0.25, 0.3) is 5.91 Å². The van der Waals surface area contributed by atoms with E-state index in [1.807, 2.05) is 0 Å². The number of benzene rings is 2. The van der Waals surface area contributed by atoms with Gasteiger partial charge < -0.3 is 10.1 Å². The van der Waals surface area contributed by atoms with Gasteiger partial charge in [0.1, 0.15) is 5.75 Å². The standard InChI is InChI=1S/C17H14ClN3O3S/c1-10(22)19-12-3-2-4-13(8-12)24-9-16(23)21-17-20-14-6-5-11(18)7-15(14)25-17/h2-8H,9H2,1H3,(H,19,22)(H,20,21,23). The van der Waals surface area contributed by atoms with Gasteiger partial charge in [0.05, 0.1) is 10.2 Å². The molecule has 0 bridgehead atoms. The normalized spacial score (nSPS) is 10.5. The van der Waals surface area contributed by atoms with Gasteiger partial charge in [-0.05, 0) is 30.3 Å². The third kappa shape index (κ3) is 4.68. The van der Waals surface area contributed by atoms with Crippen LogP contribution in [0.2, 0.25) is 5.02 Å². The molecule has 0 aliphatic carbocycles. The molecule has 0 atom stereocenters. The van der Waals surface area contributed by atoms with E-state index in [-0.39, 0.29) is 18.4 Å².